The van der Waals surface area contributed by atoms with E-state index in [1.807, 2.05) is 25.1 Å². The van der Waals surface area contributed by atoms with Gasteiger partial charge in [-0.3, -0.25) is 0 Å². The normalized spacial score (nSPS) is 13.0. The quantitative estimate of drug-likeness (QED) is 0.745. The average Bonchev–Trinajstić information content (AvgIpc) is 2.94. The van der Waals surface area contributed by atoms with Gasteiger partial charge in [-0.1, -0.05) is 28.5 Å². The van der Waals surface area contributed by atoms with Gasteiger partial charge in [-0.2, -0.15) is 4.98 Å². The fourth-order valence-electron chi connectivity index (χ4n) is 1.71. The Hall–Kier alpha value is -1.53. The van der Waals surface area contributed by atoms with Crippen LogP contribution < -0.4 is 0 Å². The van der Waals surface area contributed by atoms with E-state index in [-0.39, 0.29) is 5.25 Å². The molecule has 0 saturated heterocycles. The largest absolute Gasteiger partial charge is 0.338 e. The lowest BCUT2D eigenvalue weighted by Gasteiger charge is -2.01. The highest BCUT2D eigenvalue weighted by Gasteiger charge is 2.16. The molecule has 19 heavy (non-hydrogen) atoms. The summed E-state index contributed by atoms with van der Waals surface area (Å²) >= 11 is 7.48. The maximum Gasteiger partial charge on any atom is 0.239 e. The number of H-pyrrole nitrogens is 1. The zero-order chi connectivity index (χ0) is 13.4. The van der Waals surface area contributed by atoms with Crippen LogP contribution in [0.25, 0.3) is 11.0 Å². The second kappa shape index (κ2) is 4.86. The number of hydrogen-bond acceptors (Lipinski definition) is 5. The second-order valence-corrected chi connectivity index (χ2v) is 5.91. The lowest BCUT2D eigenvalue weighted by molar-refractivity contribution is 0.376. The minimum absolute atomic E-state index is 0.0391. The van der Waals surface area contributed by atoms with Crippen LogP contribution in [0.1, 0.15) is 23.9 Å². The molecule has 5 nitrogen and oxygen atoms in total. The van der Waals surface area contributed by atoms with Crippen molar-refractivity contribution in [1.29, 1.82) is 0 Å². The predicted octanol–water partition coefficient (Wildman–Crippen LogP) is 3.76. The van der Waals surface area contributed by atoms with Crippen molar-refractivity contribution in [2.75, 3.05) is 0 Å². The molecular formula is C12H11ClN4OS. The number of rotatable bonds is 3. The highest BCUT2D eigenvalue weighted by molar-refractivity contribution is 7.99. The summed E-state index contributed by atoms with van der Waals surface area (Å²) in [5.74, 6) is 1.24. The minimum Gasteiger partial charge on any atom is -0.338 e. The average molecular weight is 295 g/mol. The molecule has 0 unspecified atom stereocenters. The van der Waals surface area contributed by atoms with Crippen LogP contribution in [0, 0.1) is 6.92 Å². The predicted molar refractivity (Wildman–Crippen MR) is 74.4 cm³/mol. The smallest absolute Gasteiger partial charge is 0.239 e. The van der Waals surface area contributed by atoms with Gasteiger partial charge in [0.25, 0.3) is 0 Å². The molecule has 0 amide bonds. The molecule has 0 aliphatic heterocycles. The number of fused-ring (bicyclic) bond motifs is 1. The Labute approximate surface area is 118 Å². The second-order valence-electron chi connectivity index (χ2n) is 4.14. The number of aryl methyl sites for hydroxylation is 1. The van der Waals surface area contributed by atoms with Gasteiger partial charge in [0.1, 0.15) is 0 Å². The van der Waals surface area contributed by atoms with Crippen LogP contribution in [-0.2, 0) is 0 Å². The fraction of sp³-hybridized carbons (Fsp3) is 0.250. The molecule has 3 rings (SSSR count). The van der Waals surface area contributed by atoms with E-state index in [4.69, 9.17) is 16.1 Å². The Balaban J connectivity index is 1.85. The molecule has 0 radical (unpaired) electrons. The first-order chi connectivity index (χ1) is 9.11. The summed E-state index contributed by atoms with van der Waals surface area (Å²) in [6, 6.07) is 5.57. The molecule has 0 bridgehead atoms. The monoisotopic (exact) mass is 294 g/mol. The van der Waals surface area contributed by atoms with Crippen molar-refractivity contribution in [3.05, 3.63) is 34.9 Å². The first-order valence-corrected chi connectivity index (χ1v) is 7.00. The summed E-state index contributed by atoms with van der Waals surface area (Å²) in [5, 5.41) is 5.32. The number of aromatic nitrogens is 4. The van der Waals surface area contributed by atoms with E-state index in [1.54, 1.807) is 6.92 Å². The van der Waals surface area contributed by atoms with E-state index in [0.29, 0.717) is 16.7 Å². The number of thioether (sulfide) groups is 1. The summed E-state index contributed by atoms with van der Waals surface area (Å²) in [5.41, 5.74) is 1.81. The number of hydrogen-bond donors (Lipinski definition) is 1. The molecule has 0 aliphatic carbocycles. The summed E-state index contributed by atoms with van der Waals surface area (Å²) in [7, 11) is 0. The standard InChI is InChI=1S/C12H11ClN4OS/c1-6(11-14-7(2)17-18-11)19-12-15-9-4-3-8(13)5-10(9)16-12/h3-6H,1-2H3,(H,15,16)/t6-/m0/s1. The van der Waals surface area contributed by atoms with E-state index >= 15 is 0 Å². The van der Waals surface area contributed by atoms with Gasteiger partial charge in [-0.05, 0) is 32.0 Å². The van der Waals surface area contributed by atoms with Crippen molar-refractivity contribution in [2.24, 2.45) is 0 Å². The molecular weight excluding hydrogens is 284 g/mol. The van der Waals surface area contributed by atoms with Crippen LogP contribution in [-0.4, -0.2) is 20.1 Å². The lowest BCUT2D eigenvalue weighted by atomic mass is 10.3. The SMILES string of the molecule is Cc1noc([C@H](C)Sc2nc3ccc(Cl)cc3[nH]2)n1. The number of halogens is 1. The number of imidazole rings is 1. The van der Waals surface area contributed by atoms with E-state index < -0.39 is 0 Å². The van der Waals surface area contributed by atoms with Crippen LogP contribution in [0.3, 0.4) is 0 Å². The number of aromatic amines is 1. The zero-order valence-corrected chi connectivity index (χ0v) is 11.9. The Morgan fingerprint density at radius 3 is 2.95 bits per heavy atom. The van der Waals surface area contributed by atoms with Crippen molar-refractivity contribution >= 4 is 34.4 Å². The molecule has 0 spiro atoms. The zero-order valence-electron chi connectivity index (χ0n) is 10.3. The van der Waals surface area contributed by atoms with E-state index in [9.17, 15) is 0 Å². The van der Waals surface area contributed by atoms with E-state index in [0.717, 1.165) is 16.2 Å². The van der Waals surface area contributed by atoms with Crippen LogP contribution in [0.4, 0.5) is 0 Å². The molecule has 2 aromatic heterocycles. The summed E-state index contributed by atoms with van der Waals surface area (Å²) in [6.45, 7) is 3.80. The first kappa shape index (κ1) is 12.5. The Morgan fingerprint density at radius 2 is 2.21 bits per heavy atom. The number of benzene rings is 1. The Morgan fingerprint density at radius 1 is 1.37 bits per heavy atom. The molecule has 2 heterocycles. The Bertz CT molecular complexity index is 723. The summed E-state index contributed by atoms with van der Waals surface area (Å²) < 4.78 is 5.15. The molecule has 1 aromatic carbocycles. The third-order valence-corrected chi connectivity index (χ3v) is 3.81. The van der Waals surface area contributed by atoms with Crippen LogP contribution >= 0.6 is 23.4 Å². The van der Waals surface area contributed by atoms with Gasteiger partial charge < -0.3 is 9.51 Å². The maximum absolute atomic E-state index is 5.94. The molecule has 0 aliphatic rings. The molecule has 0 saturated carbocycles. The minimum atomic E-state index is 0.0391. The van der Waals surface area contributed by atoms with Gasteiger partial charge in [0, 0.05) is 5.02 Å². The highest BCUT2D eigenvalue weighted by atomic mass is 35.5. The van der Waals surface area contributed by atoms with Gasteiger partial charge in [0.2, 0.25) is 5.89 Å². The number of nitrogens with zero attached hydrogens (tertiary/aromatic N) is 3. The van der Waals surface area contributed by atoms with Crippen LogP contribution in [0.2, 0.25) is 5.02 Å². The molecule has 3 aromatic rings. The van der Waals surface area contributed by atoms with Gasteiger partial charge in [-0.15, -0.1) is 0 Å². The highest BCUT2D eigenvalue weighted by Crippen LogP contribution is 2.33. The van der Waals surface area contributed by atoms with Crippen molar-refractivity contribution in [3.8, 4) is 0 Å². The van der Waals surface area contributed by atoms with Crippen molar-refractivity contribution in [3.63, 3.8) is 0 Å². The third kappa shape index (κ3) is 2.59. The lowest BCUT2D eigenvalue weighted by Crippen LogP contribution is -1.89. The van der Waals surface area contributed by atoms with Crippen molar-refractivity contribution in [1.82, 2.24) is 20.1 Å². The van der Waals surface area contributed by atoms with Crippen molar-refractivity contribution < 1.29 is 4.52 Å². The molecule has 1 atom stereocenters. The van der Waals surface area contributed by atoms with Gasteiger partial charge >= 0.3 is 0 Å². The van der Waals surface area contributed by atoms with Gasteiger partial charge in [0.05, 0.1) is 16.3 Å². The van der Waals surface area contributed by atoms with Gasteiger partial charge in [0.15, 0.2) is 11.0 Å². The summed E-state index contributed by atoms with van der Waals surface area (Å²) in [4.78, 5) is 11.9. The van der Waals surface area contributed by atoms with Crippen molar-refractivity contribution in [2.45, 2.75) is 24.3 Å². The molecule has 1 N–H and O–H groups in total. The molecule has 7 heteroatoms. The Kier molecular flexibility index (Phi) is 3.20. The van der Waals surface area contributed by atoms with E-state index in [2.05, 4.69) is 20.1 Å². The summed E-state index contributed by atoms with van der Waals surface area (Å²) in [6.07, 6.45) is 0. The molecule has 0 fully saturated rings. The fourth-order valence-corrected chi connectivity index (χ4v) is 2.73. The van der Waals surface area contributed by atoms with Crippen LogP contribution in [0.5, 0.6) is 0 Å². The van der Waals surface area contributed by atoms with Gasteiger partial charge in [-0.25, -0.2) is 4.98 Å². The van der Waals surface area contributed by atoms with E-state index in [1.165, 1.54) is 11.8 Å². The first-order valence-electron chi connectivity index (χ1n) is 5.74. The van der Waals surface area contributed by atoms with Crippen LogP contribution in [0.15, 0.2) is 27.9 Å². The topological polar surface area (TPSA) is 67.6 Å². The molecule has 98 valence electrons. The maximum atomic E-state index is 5.94. The number of nitrogens with one attached hydrogen (secondary N) is 1. The third-order valence-electron chi connectivity index (χ3n) is 2.60.